The van der Waals surface area contributed by atoms with Crippen molar-refractivity contribution in [2.24, 2.45) is 0 Å². The number of H-pyrrole nitrogens is 1. The van der Waals surface area contributed by atoms with E-state index in [-0.39, 0.29) is 0 Å². The maximum Gasteiger partial charge on any atom is 0.123 e. The number of hydrogen-bond acceptors (Lipinski definition) is 4. The van der Waals surface area contributed by atoms with Crippen molar-refractivity contribution in [3.8, 4) is 22.8 Å². The van der Waals surface area contributed by atoms with Gasteiger partial charge < -0.3 is 19.2 Å². The summed E-state index contributed by atoms with van der Waals surface area (Å²) in [5.74, 6) is 2.41. The Bertz CT molecular complexity index is 515. The second-order valence-corrected chi connectivity index (χ2v) is 4.09. The fraction of sp³-hybridized carbons (Fsp3) is 0.357. The minimum absolute atomic E-state index is 0.647. The van der Waals surface area contributed by atoms with Crippen LogP contribution in [-0.4, -0.2) is 37.9 Å². The van der Waals surface area contributed by atoms with Crippen LogP contribution in [0.15, 0.2) is 24.4 Å². The smallest absolute Gasteiger partial charge is 0.123 e. The average molecular weight is 262 g/mol. The van der Waals surface area contributed by atoms with Crippen LogP contribution in [0, 0.1) is 0 Å². The van der Waals surface area contributed by atoms with Crippen molar-refractivity contribution < 1.29 is 14.2 Å². The summed E-state index contributed by atoms with van der Waals surface area (Å²) in [6.07, 6.45) is 2.57. The van der Waals surface area contributed by atoms with Gasteiger partial charge in [-0.05, 0) is 12.1 Å². The number of nitrogens with zero attached hydrogens (tertiary/aromatic N) is 1. The van der Waals surface area contributed by atoms with Crippen molar-refractivity contribution in [1.82, 2.24) is 9.97 Å². The number of rotatable bonds is 6. The van der Waals surface area contributed by atoms with Crippen LogP contribution in [0.5, 0.6) is 11.5 Å². The predicted molar refractivity (Wildman–Crippen MR) is 72.7 cm³/mol. The summed E-state index contributed by atoms with van der Waals surface area (Å²) in [7, 11) is 4.95. The molecule has 0 amide bonds. The first-order valence-electron chi connectivity index (χ1n) is 6.03. The van der Waals surface area contributed by atoms with Gasteiger partial charge in [0.25, 0.3) is 0 Å². The molecule has 0 saturated carbocycles. The average Bonchev–Trinajstić information content (AvgIpc) is 2.93. The molecule has 5 nitrogen and oxygen atoms in total. The van der Waals surface area contributed by atoms with Crippen LogP contribution < -0.4 is 9.47 Å². The van der Waals surface area contributed by atoms with E-state index in [1.807, 2.05) is 18.2 Å². The first-order chi connectivity index (χ1) is 9.26. The normalized spacial score (nSPS) is 10.5. The maximum absolute atomic E-state index is 5.26. The zero-order valence-electron chi connectivity index (χ0n) is 11.4. The van der Waals surface area contributed by atoms with E-state index in [0.29, 0.717) is 6.61 Å². The molecule has 102 valence electrons. The highest BCUT2D eigenvalue weighted by Gasteiger charge is 2.07. The van der Waals surface area contributed by atoms with E-state index in [9.17, 15) is 0 Å². The fourth-order valence-corrected chi connectivity index (χ4v) is 1.80. The molecule has 0 atom stereocenters. The lowest BCUT2D eigenvalue weighted by Gasteiger charge is -2.07. The van der Waals surface area contributed by atoms with Gasteiger partial charge in [-0.2, -0.15) is 0 Å². The van der Waals surface area contributed by atoms with Crippen molar-refractivity contribution in [3.63, 3.8) is 0 Å². The van der Waals surface area contributed by atoms with E-state index in [1.54, 1.807) is 27.5 Å². The van der Waals surface area contributed by atoms with Crippen molar-refractivity contribution >= 4 is 0 Å². The van der Waals surface area contributed by atoms with E-state index >= 15 is 0 Å². The van der Waals surface area contributed by atoms with Gasteiger partial charge in [-0.25, -0.2) is 4.98 Å². The lowest BCUT2D eigenvalue weighted by molar-refractivity contribution is 0.200. The van der Waals surface area contributed by atoms with E-state index in [1.165, 1.54) is 0 Å². The van der Waals surface area contributed by atoms with Gasteiger partial charge in [0.1, 0.15) is 17.3 Å². The maximum atomic E-state index is 5.26. The molecular formula is C14H18N2O3. The van der Waals surface area contributed by atoms with E-state index < -0.39 is 0 Å². The van der Waals surface area contributed by atoms with Crippen molar-refractivity contribution in [2.45, 2.75) is 6.42 Å². The number of aromatic amines is 1. The van der Waals surface area contributed by atoms with Crippen LogP contribution in [0.3, 0.4) is 0 Å². The van der Waals surface area contributed by atoms with Crippen molar-refractivity contribution in [2.75, 3.05) is 27.9 Å². The monoisotopic (exact) mass is 262 g/mol. The molecule has 19 heavy (non-hydrogen) atoms. The van der Waals surface area contributed by atoms with Gasteiger partial charge >= 0.3 is 0 Å². The third-order valence-corrected chi connectivity index (χ3v) is 2.83. The molecule has 1 heterocycles. The van der Waals surface area contributed by atoms with Crippen LogP contribution in [0.1, 0.15) is 5.82 Å². The first-order valence-corrected chi connectivity index (χ1v) is 6.03. The SMILES string of the molecule is COCCc1ncc(-c2cc(OC)cc(OC)c2)[nH]1. The van der Waals surface area contributed by atoms with E-state index in [0.717, 1.165) is 35.0 Å². The number of ether oxygens (including phenoxy) is 3. The zero-order valence-corrected chi connectivity index (χ0v) is 11.4. The molecule has 2 aromatic rings. The number of aromatic nitrogens is 2. The van der Waals surface area contributed by atoms with Gasteiger partial charge in [-0.1, -0.05) is 0 Å². The van der Waals surface area contributed by atoms with Crippen LogP contribution in [0.25, 0.3) is 11.3 Å². The van der Waals surface area contributed by atoms with Crippen LogP contribution in [0.4, 0.5) is 0 Å². The standard InChI is InChI=1S/C14H18N2O3/c1-17-5-4-14-15-9-13(16-14)10-6-11(18-2)8-12(7-10)19-3/h6-9H,4-5H2,1-3H3,(H,15,16). The third kappa shape index (κ3) is 3.26. The van der Waals surface area contributed by atoms with Gasteiger partial charge in [0.05, 0.1) is 32.7 Å². The van der Waals surface area contributed by atoms with Gasteiger partial charge in [-0.15, -0.1) is 0 Å². The molecule has 1 N–H and O–H groups in total. The summed E-state index contributed by atoms with van der Waals surface area (Å²) in [6.45, 7) is 0.647. The quantitative estimate of drug-likeness (QED) is 0.867. The van der Waals surface area contributed by atoms with Crippen LogP contribution >= 0.6 is 0 Å². The summed E-state index contributed by atoms with van der Waals surface area (Å²) in [4.78, 5) is 7.59. The highest BCUT2D eigenvalue weighted by molar-refractivity contribution is 5.63. The topological polar surface area (TPSA) is 56.4 Å². The molecule has 0 aliphatic heterocycles. The molecule has 1 aromatic carbocycles. The number of hydrogen-bond donors (Lipinski definition) is 1. The highest BCUT2D eigenvalue weighted by atomic mass is 16.5. The summed E-state index contributed by atoms with van der Waals surface area (Å²) in [5.41, 5.74) is 1.91. The molecule has 0 bridgehead atoms. The Morgan fingerprint density at radius 3 is 2.32 bits per heavy atom. The van der Waals surface area contributed by atoms with Gasteiger partial charge in [-0.3, -0.25) is 0 Å². The minimum atomic E-state index is 0.647. The molecule has 5 heteroatoms. The highest BCUT2D eigenvalue weighted by Crippen LogP contribution is 2.28. The van der Waals surface area contributed by atoms with Crippen LogP contribution in [-0.2, 0) is 11.2 Å². The molecule has 0 aliphatic rings. The summed E-state index contributed by atoms with van der Waals surface area (Å²) in [6, 6.07) is 5.72. The minimum Gasteiger partial charge on any atom is -0.497 e. The van der Waals surface area contributed by atoms with E-state index in [4.69, 9.17) is 14.2 Å². The Balaban J connectivity index is 2.27. The molecule has 0 aliphatic carbocycles. The molecular weight excluding hydrogens is 244 g/mol. The van der Waals surface area contributed by atoms with Crippen molar-refractivity contribution in [1.29, 1.82) is 0 Å². The first kappa shape index (κ1) is 13.4. The number of nitrogens with one attached hydrogen (secondary N) is 1. The molecule has 0 fully saturated rings. The molecule has 0 saturated heterocycles. The summed E-state index contributed by atoms with van der Waals surface area (Å²) >= 11 is 0. The third-order valence-electron chi connectivity index (χ3n) is 2.83. The Kier molecular flexibility index (Phi) is 4.41. The van der Waals surface area contributed by atoms with E-state index in [2.05, 4.69) is 9.97 Å². The predicted octanol–water partition coefficient (Wildman–Crippen LogP) is 2.28. The molecule has 2 rings (SSSR count). The Labute approximate surface area is 112 Å². The van der Waals surface area contributed by atoms with Gasteiger partial charge in [0, 0.05) is 25.2 Å². The number of benzene rings is 1. The Morgan fingerprint density at radius 1 is 1.05 bits per heavy atom. The summed E-state index contributed by atoms with van der Waals surface area (Å²) < 4.78 is 15.5. The molecule has 0 unspecified atom stereocenters. The van der Waals surface area contributed by atoms with Gasteiger partial charge in [0.15, 0.2) is 0 Å². The van der Waals surface area contributed by atoms with Crippen LogP contribution in [0.2, 0.25) is 0 Å². The lowest BCUT2D eigenvalue weighted by Crippen LogP contribution is -1.96. The lowest BCUT2D eigenvalue weighted by atomic mass is 10.1. The zero-order chi connectivity index (χ0) is 13.7. The van der Waals surface area contributed by atoms with Crippen molar-refractivity contribution in [3.05, 3.63) is 30.2 Å². The second-order valence-electron chi connectivity index (χ2n) is 4.09. The molecule has 1 aromatic heterocycles. The summed E-state index contributed by atoms with van der Waals surface area (Å²) in [5, 5.41) is 0. The molecule has 0 radical (unpaired) electrons. The Morgan fingerprint density at radius 2 is 1.74 bits per heavy atom. The number of methoxy groups -OCH3 is 3. The van der Waals surface area contributed by atoms with Gasteiger partial charge in [0.2, 0.25) is 0 Å². The number of imidazole rings is 1. The largest absolute Gasteiger partial charge is 0.497 e. The second kappa shape index (κ2) is 6.24. The Hall–Kier alpha value is -2.01. The fourth-order valence-electron chi connectivity index (χ4n) is 1.80. The molecule has 0 spiro atoms.